The van der Waals surface area contributed by atoms with Gasteiger partial charge in [-0.2, -0.15) is 4.98 Å². The van der Waals surface area contributed by atoms with E-state index in [4.69, 9.17) is 4.52 Å². The number of aromatic nitrogens is 2. The molecule has 0 spiro atoms. The second-order valence-corrected chi connectivity index (χ2v) is 8.32. The van der Waals surface area contributed by atoms with Crippen LogP contribution in [0.15, 0.2) is 57.9 Å². The summed E-state index contributed by atoms with van der Waals surface area (Å²) in [5, 5.41) is 6.31. The van der Waals surface area contributed by atoms with Crippen LogP contribution in [0.1, 0.15) is 27.6 Å². The van der Waals surface area contributed by atoms with Crippen LogP contribution in [-0.2, 0) is 22.8 Å². The Kier molecular flexibility index (Phi) is 5.84. The minimum Gasteiger partial charge on any atom is -0.344 e. The molecular weight excluding hydrogens is 385 g/mol. The van der Waals surface area contributed by atoms with Crippen LogP contribution in [-0.4, -0.2) is 30.2 Å². The van der Waals surface area contributed by atoms with Crippen molar-refractivity contribution in [1.29, 1.82) is 0 Å². The number of benzene rings is 2. The van der Waals surface area contributed by atoms with Gasteiger partial charge >= 0.3 is 11.8 Å². The Hall–Kier alpha value is -3.07. The van der Waals surface area contributed by atoms with E-state index in [2.05, 4.69) is 15.5 Å². The zero-order valence-electron chi connectivity index (χ0n) is 15.1. The number of carbonyl (C=O) groups is 1. The van der Waals surface area contributed by atoms with Crippen LogP contribution in [0.5, 0.6) is 0 Å². The van der Waals surface area contributed by atoms with Gasteiger partial charge in [0.1, 0.15) is 5.82 Å². The Balaban J connectivity index is 1.56. The average Bonchev–Trinajstić information content (AvgIpc) is 3.15. The Morgan fingerprint density at radius 1 is 1.11 bits per heavy atom. The molecule has 0 aliphatic carbocycles. The number of hydrogen-bond donors (Lipinski definition) is 1. The first-order valence-electron chi connectivity index (χ1n) is 8.48. The normalized spacial score (nSPS) is 11.4. The maximum Gasteiger partial charge on any atom is 0.315 e. The third-order valence-electron chi connectivity index (χ3n) is 4.00. The minimum atomic E-state index is -3.62. The van der Waals surface area contributed by atoms with E-state index >= 15 is 0 Å². The largest absolute Gasteiger partial charge is 0.344 e. The number of rotatable bonds is 7. The highest BCUT2D eigenvalue weighted by molar-refractivity contribution is 7.91. The predicted molar refractivity (Wildman–Crippen MR) is 98.8 cm³/mol. The number of halogens is 1. The molecular formula is C19H18FN3O4S. The molecule has 3 aromatic rings. The Bertz CT molecular complexity index is 1060. The van der Waals surface area contributed by atoms with Crippen LogP contribution in [0.3, 0.4) is 0 Å². The molecule has 7 nitrogen and oxygen atoms in total. The lowest BCUT2D eigenvalue weighted by Crippen LogP contribution is -2.23. The summed E-state index contributed by atoms with van der Waals surface area (Å²) in [4.78, 5) is 16.0. The molecule has 0 saturated carbocycles. The van der Waals surface area contributed by atoms with Crippen molar-refractivity contribution >= 4 is 15.7 Å². The molecule has 1 aromatic heterocycles. The molecule has 3 rings (SSSR count). The van der Waals surface area contributed by atoms with E-state index in [-0.39, 0.29) is 28.8 Å². The third kappa shape index (κ3) is 5.01. The number of amides is 1. The van der Waals surface area contributed by atoms with Crippen LogP contribution in [0.2, 0.25) is 0 Å². The van der Waals surface area contributed by atoms with Crippen LogP contribution in [0.4, 0.5) is 4.39 Å². The van der Waals surface area contributed by atoms with Gasteiger partial charge in [0, 0.05) is 13.0 Å². The van der Waals surface area contributed by atoms with Gasteiger partial charge in [0.05, 0.1) is 10.6 Å². The molecule has 0 fully saturated rings. The quantitative estimate of drug-likeness (QED) is 0.608. The van der Waals surface area contributed by atoms with Crippen molar-refractivity contribution in [2.45, 2.75) is 24.8 Å². The fourth-order valence-corrected chi connectivity index (χ4v) is 3.63. The second-order valence-electron chi connectivity index (χ2n) is 6.21. The smallest absolute Gasteiger partial charge is 0.315 e. The summed E-state index contributed by atoms with van der Waals surface area (Å²) in [6.45, 7) is 2.27. The van der Waals surface area contributed by atoms with Gasteiger partial charge in [-0.3, -0.25) is 4.79 Å². The van der Waals surface area contributed by atoms with Gasteiger partial charge in [-0.25, -0.2) is 12.8 Å². The SMILES string of the molecule is Cc1ccc(CNC(=O)c2nc(CCS(=O)(=O)c3ccc(F)cc3)no2)cc1. The van der Waals surface area contributed by atoms with Crippen LogP contribution >= 0.6 is 0 Å². The molecule has 0 atom stereocenters. The molecule has 28 heavy (non-hydrogen) atoms. The lowest BCUT2D eigenvalue weighted by molar-refractivity contribution is 0.0907. The molecule has 9 heteroatoms. The van der Waals surface area contributed by atoms with Gasteiger partial charge in [0.25, 0.3) is 0 Å². The molecule has 146 valence electrons. The minimum absolute atomic E-state index is 0.00783. The van der Waals surface area contributed by atoms with E-state index in [0.717, 1.165) is 23.3 Å². The van der Waals surface area contributed by atoms with E-state index in [0.29, 0.717) is 6.54 Å². The van der Waals surface area contributed by atoms with Gasteiger partial charge in [0.2, 0.25) is 0 Å². The summed E-state index contributed by atoms with van der Waals surface area (Å²) < 4.78 is 42.3. The van der Waals surface area contributed by atoms with Crippen molar-refractivity contribution in [3.05, 3.63) is 77.2 Å². The average molecular weight is 403 g/mol. The monoisotopic (exact) mass is 403 g/mol. The zero-order valence-corrected chi connectivity index (χ0v) is 15.9. The molecule has 0 aliphatic rings. The number of aryl methyl sites for hydroxylation is 2. The third-order valence-corrected chi connectivity index (χ3v) is 5.74. The van der Waals surface area contributed by atoms with Crippen molar-refractivity contribution in [3.63, 3.8) is 0 Å². The van der Waals surface area contributed by atoms with E-state index < -0.39 is 21.6 Å². The highest BCUT2D eigenvalue weighted by Crippen LogP contribution is 2.13. The van der Waals surface area contributed by atoms with Crippen molar-refractivity contribution in [2.24, 2.45) is 0 Å². The summed E-state index contributed by atoms with van der Waals surface area (Å²) in [7, 11) is -3.62. The number of carbonyl (C=O) groups excluding carboxylic acids is 1. The summed E-state index contributed by atoms with van der Waals surface area (Å²) in [6.07, 6.45) is -0.0333. The molecule has 0 unspecified atom stereocenters. The molecule has 0 saturated heterocycles. The van der Waals surface area contributed by atoms with Crippen molar-refractivity contribution in [1.82, 2.24) is 15.5 Å². The van der Waals surface area contributed by atoms with Crippen LogP contribution < -0.4 is 5.32 Å². The fourth-order valence-electron chi connectivity index (χ4n) is 2.40. The number of nitrogens with one attached hydrogen (secondary N) is 1. The lowest BCUT2D eigenvalue weighted by atomic mass is 10.1. The molecule has 0 bridgehead atoms. The van der Waals surface area contributed by atoms with Gasteiger partial charge in [-0.05, 0) is 36.8 Å². The van der Waals surface area contributed by atoms with Crippen molar-refractivity contribution < 1.29 is 22.1 Å². The van der Waals surface area contributed by atoms with Crippen LogP contribution in [0, 0.1) is 12.7 Å². The maximum absolute atomic E-state index is 12.9. The van der Waals surface area contributed by atoms with Crippen molar-refractivity contribution in [2.75, 3.05) is 5.75 Å². The van der Waals surface area contributed by atoms with E-state index in [1.807, 2.05) is 31.2 Å². The summed E-state index contributed by atoms with van der Waals surface area (Å²) in [5.74, 6) is -1.48. The Morgan fingerprint density at radius 3 is 2.46 bits per heavy atom. The number of hydrogen-bond acceptors (Lipinski definition) is 6. The van der Waals surface area contributed by atoms with Crippen molar-refractivity contribution in [3.8, 4) is 0 Å². The molecule has 1 amide bonds. The summed E-state index contributed by atoms with van der Waals surface area (Å²) >= 11 is 0. The van der Waals surface area contributed by atoms with Gasteiger partial charge in [-0.1, -0.05) is 35.0 Å². The first-order valence-corrected chi connectivity index (χ1v) is 10.1. The molecule has 1 heterocycles. The highest BCUT2D eigenvalue weighted by atomic mass is 32.2. The highest BCUT2D eigenvalue weighted by Gasteiger charge is 2.19. The first kappa shape index (κ1) is 19.7. The number of nitrogens with zero attached hydrogens (tertiary/aromatic N) is 2. The maximum atomic E-state index is 12.9. The Morgan fingerprint density at radius 2 is 1.79 bits per heavy atom. The Labute approximate surface area is 161 Å². The van der Waals surface area contributed by atoms with E-state index in [1.165, 1.54) is 12.1 Å². The predicted octanol–water partition coefficient (Wildman–Crippen LogP) is 2.46. The second kappa shape index (κ2) is 8.30. The molecule has 1 N–H and O–H groups in total. The summed E-state index contributed by atoms with van der Waals surface area (Å²) in [6, 6.07) is 12.2. The van der Waals surface area contributed by atoms with Gasteiger partial charge in [-0.15, -0.1) is 0 Å². The topological polar surface area (TPSA) is 102 Å². The van der Waals surface area contributed by atoms with Gasteiger partial charge in [0.15, 0.2) is 15.7 Å². The zero-order chi connectivity index (χ0) is 20.1. The van der Waals surface area contributed by atoms with E-state index in [9.17, 15) is 17.6 Å². The van der Waals surface area contributed by atoms with Gasteiger partial charge < -0.3 is 9.84 Å². The molecule has 0 radical (unpaired) electrons. The lowest BCUT2D eigenvalue weighted by Gasteiger charge is -2.03. The number of sulfone groups is 1. The first-order chi connectivity index (χ1) is 13.3. The summed E-state index contributed by atoms with van der Waals surface area (Å²) in [5.41, 5.74) is 2.04. The van der Waals surface area contributed by atoms with E-state index in [1.54, 1.807) is 0 Å². The van der Waals surface area contributed by atoms with Crippen LogP contribution in [0.25, 0.3) is 0 Å². The molecule has 2 aromatic carbocycles. The fraction of sp³-hybridized carbons (Fsp3) is 0.211. The molecule has 0 aliphatic heterocycles. The standard InChI is InChI=1S/C19H18FN3O4S/c1-13-2-4-14(5-3-13)12-21-18(24)19-22-17(23-27-19)10-11-28(25,26)16-8-6-15(20)7-9-16/h2-9H,10-12H2,1H3,(H,21,24).